The van der Waals surface area contributed by atoms with Gasteiger partial charge in [0.05, 0.1) is 5.03 Å². The number of carboxylic acid groups (broad SMARTS) is 1. The minimum atomic E-state index is -0.952. The van der Waals surface area contributed by atoms with Crippen molar-refractivity contribution in [3.63, 3.8) is 0 Å². The van der Waals surface area contributed by atoms with E-state index in [9.17, 15) is 4.79 Å². The van der Waals surface area contributed by atoms with Crippen molar-refractivity contribution in [2.45, 2.75) is 17.5 Å². The molecule has 0 spiro atoms. The molecule has 0 saturated heterocycles. The van der Waals surface area contributed by atoms with E-state index in [-0.39, 0.29) is 0 Å². The summed E-state index contributed by atoms with van der Waals surface area (Å²) >= 11 is 1.51. The van der Waals surface area contributed by atoms with Gasteiger partial charge in [0.1, 0.15) is 6.04 Å². The maximum absolute atomic E-state index is 10.4. The maximum atomic E-state index is 10.4. The van der Waals surface area contributed by atoms with E-state index in [1.54, 1.807) is 6.20 Å². The highest BCUT2D eigenvalue weighted by atomic mass is 32.2. The molecule has 0 saturated carbocycles. The van der Waals surface area contributed by atoms with E-state index in [1.165, 1.54) is 11.8 Å². The van der Waals surface area contributed by atoms with Crippen LogP contribution in [0.15, 0.2) is 29.4 Å². The van der Waals surface area contributed by atoms with Crippen molar-refractivity contribution in [2.75, 3.05) is 5.75 Å². The zero-order valence-electron chi connectivity index (χ0n) is 7.59. The SMILES string of the molecule is NC(CCSc1ccccn1)C(=O)O. The summed E-state index contributed by atoms with van der Waals surface area (Å²) in [4.78, 5) is 14.5. The van der Waals surface area contributed by atoms with Crippen LogP contribution in [0.1, 0.15) is 6.42 Å². The lowest BCUT2D eigenvalue weighted by atomic mass is 10.2. The van der Waals surface area contributed by atoms with Crippen LogP contribution in [0, 0.1) is 0 Å². The monoisotopic (exact) mass is 212 g/mol. The summed E-state index contributed by atoms with van der Waals surface area (Å²) in [6.07, 6.45) is 2.16. The zero-order chi connectivity index (χ0) is 10.4. The third-order valence-electron chi connectivity index (χ3n) is 1.63. The van der Waals surface area contributed by atoms with E-state index < -0.39 is 12.0 Å². The predicted octanol–water partition coefficient (Wildman–Crippen LogP) is 0.976. The van der Waals surface area contributed by atoms with Crippen molar-refractivity contribution in [3.8, 4) is 0 Å². The van der Waals surface area contributed by atoms with Crippen LogP contribution in [-0.4, -0.2) is 27.9 Å². The molecule has 1 unspecified atom stereocenters. The van der Waals surface area contributed by atoms with Gasteiger partial charge in [0.2, 0.25) is 0 Å². The molecule has 1 aromatic rings. The second-order valence-corrected chi connectivity index (χ2v) is 3.87. The van der Waals surface area contributed by atoms with Crippen LogP contribution >= 0.6 is 11.8 Å². The lowest BCUT2D eigenvalue weighted by Crippen LogP contribution is -2.30. The van der Waals surface area contributed by atoms with E-state index in [1.807, 2.05) is 18.2 Å². The number of thioether (sulfide) groups is 1. The Morgan fingerprint density at radius 2 is 2.43 bits per heavy atom. The molecule has 0 fully saturated rings. The van der Waals surface area contributed by atoms with E-state index in [0.29, 0.717) is 12.2 Å². The Balaban J connectivity index is 2.26. The minimum absolute atomic E-state index is 0.455. The van der Waals surface area contributed by atoms with Crippen LogP contribution in [0.5, 0.6) is 0 Å². The summed E-state index contributed by atoms with van der Waals surface area (Å²) in [7, 11) is 0. The van der Waals surface area contributed by atoms with Gasteiger partial charge in [-0.1, -0.05) is 6.07 Å². The van der Waals surface area contributed by atoms with E-state index >= 15 is 0 Å². The first-order valence-corrected chi connectivity index (χ1v) is 5.21. The standard InChI is InChI=1S/C9H12N2O2S/c10-7(9(12)13)4-6-14-8-3-1-2-5-11-8/h1-3,5,7H,4,6,10H2,(H,12,13). The number of hydrogen-bond acceptors (Lipinski definition) is 4. The highest BCUT2D eigenvalue weighted by Gasteiger charge is 2.10. The summed E-state index contributed by atoms with van der Waals surface area (Å²) in [6.45, 7) is 0. The van der Waals surface area contributed by atoms with Crippen LogP contribution < -0.4 is 5.73 Å². The number of carboxylic acids is 1. The van der Waals surface area contributed by atoms with E-state index in [4.69, 9.17) is 10.8 Å². The van der Waals surface area contributed by atoms with Gasteiger partial charge in [-0.2, -0.15) is 0 Å². The Bertz CT molecular complexity index is 292. The predicted molar refractivity (Wildman–Crippen MR) is 55.2 cm³/mol. The Kier molecular flexibility index (Phi) is 4.42. The topological polar surface area (TPSA) is 76.2 Å². The Morgan fingerprint density at radius 1 is 1.64 bits per heavy atom. The minimum Gasteiger partial charge on any atom is -0.480 e. The summed E-state index contributed by atoms with van der Waals surface area (Å²) in [5.74, 6) is -0.281. The molecule has 4 nitrogen and oxygen atoms in total. The van der Waals surface area contributed by atoms with Crippen LogP contribution in [0.4, 0.5) is 0 Å². The first-order chi connectivity index (χ1) is 6.70. The summed E-state index contributed by atoms with van der Waals surface area (Å²) < 4.78 is 0. The Labute approximate surface area is 86.5 Å². The molecule has 0 aliphatic carbocycles. The van der Waals surface area contributed by atoms with Crippen molar-refractivity contribution in [2.24, 2.45) is 5.73 Å². The average Bonchev–Trinajstić information content (AvgIpc) is 2.19. The largest absolute Gasteiger partial charge is 0.480 e. The van der Waals surface area contributed by atoms with Gasteiger partial charge < -0.3 is 10.8 Å². The molecule has 0 radical (unpaired) electrons. The molecule has 1 heterocycles. The first-order valence-electron chi connectivity index (χ1n) is 4.22. The maximum Gasteiger partial charge on any atom is 0.320 e. The number of hydrogen-bond donors (Lipinski definition) is 2. The molecule has 0 aromatic carbocycles. The lowest BCUT2D eigenvalue weighted by Gasteiger charge is -2.04. The van der Waals surface area contributed by atoms with Gasteiger partial charge >= 0.3 is 5.97 Å². The first kappa shape index (κ1) is 11.0. The number of carbonyl (C=O) groups is 1. The quantitative estimate of drug-likeness (QED) is 0.711. The van der Waals surface area contributed by atoms with Crippen molar-refractivity contribution in [1.82, 2.24) is 4.98 Å². The smallest absolute Gasteiger partial charge is 0.320 e. The molecular weight excluding hydrogens is 200 g/mol. The van der Waals surface area contributed by atoms with Gasteiger partial charge in [-0.15, -0.1) is 11.8 Å². The summed E-state index contributed by atoms with van der Waals surface area (Å²) in [6, 6.07) is 4.85. The third kappa shape index (κ3) is 3.76. The fraction of sp³-hybridized carbons (Fsp3) is 0.333. The molecule has 14 heavy (non-hydrogen) atoms. The van der Waals surface area contributed by atoms with Gasteiger partial charge in [-0.25, -0.2) is 4.98 Å². The summed E-state index contributed by atoms with van der Waals surface area (Å²) in [5, 5.41) is 9.42. The second kappa shape index (κ2) is 5.62. The number of nitrogens with two attached hydrogens (primary N) is 1. The van der Waals surface area contributed by atoms with Crippen molar-refractivity contribution >= 4 is 17.7 Å². The summed E-state index contributed by atoms with van der Waals surface area (Å²) in [5.41, 5.74) is 5.35. The Morgan fingerprint density at radius 3 is 3.00 bits per heavy atom. The molecule has 5 heteroatoms. The van der Waals surface area contributed by atoms with Crippen LogP contribution in [0.2, 0.25) is 0 Å². The van der Waals surface area contributed by atoms with Gasteiger partial charge in [0.15, 0.2) is 0 Å². The molecule has 1 atom stereocenters. The van der Waals surface area contributed by atoms with Crippen molar-refractivity contribution in [3.05, 3.63) is 24.4 Å². The number of aliphatic carboxylic acids is 1. The van der Waals surface area contributed by atoms with Gasteiger partial charge in [0.25, 0.3) is 0 Å². The van der Waals surface area contributed by atoms with Crippen LogP contribution in [0.25, 0.3) is 0 Å². The average molecular weight is 212 g/mol. The number of aromatic nitrogens is 1. The zero-order valence-corrected chi connectivity index (χ0v) is 8.41. The molecule has 0 aliphatic heterocycles. The third-order valence-corrected chi connectivity index (χ3v) is 2.61. The van der Waals surface area contributed by atoms with Crippen molar-refractivity contribution in [1.29, 1.82) is 0 Å². The molecule has 76 valence electrons. The molecule has 1 aromatic heterocycles. The number of pyridine rings is 1. The molecule has 3 N–H and O–H groups in total. The fourth-order valence-corrected chi connectivity index (χ4v) is 1.74. The normalized spacial score (nSPS) is 12.4. The van der Waals surface area contributed by atoms with Crippen LogP contribution in [-0.2, 0) is 4.79 Å². The molecule has 0 bridgehead atoms. The molecule has 1 rings (SSSR count). The van der Waals surface area contributed by atoms with Crippen LogP contribution in [0.3, 0.4) is 0 Å². The highest BCUT2D eigenvalue weighted by Crippen LogP contribution is 2.15. The molecule has 0 amide bonds. The highest BCUT2D eigenvalue weighted by molar-refractivity contribution is 7.99. The van der Waals surface area contributed by atoms with Gasteiger partial charge in [0, 0.05) is 11.9 Å². The number of nitrogens with zero attached hydrogens (tertiary/aromatic N) is 1. The molecular formula is C9H12N2O2S. The second-order valence-electron chi connectivity index (χ2n) is 2.75. The van der Waals surface area contributed by atoms with E-state index in [2.05, 4.69) is 4.98 Å². The lowest BCUT2D eigenvalue weighted by molar-refractivity contribution is -0.138. The Hall–Kier alpha value is -1.07. The van der Waals surface area contributed by atoms with Gasteiger partial charge in [-0.05, 0) is 18.6 Å². The van der Waals surface area contributed by atoms with Gasteiger partial charge in [-0.3, -0.25) is 4.79 Å². The van der Waals surface area contributed by atoms with Crippen molar-refractivity contribution < 1.29 is 9.90 Å². The van der Waals surface area contributed by atoms with E-state index in [0.717, 1.165) is 5.03 Å². The number of rotatable bonds is 5. The molecule has 0 aliphatic rings. The fourth-order valence-electron chi connectivity index (χ4n) is 0.846.